The van der Waals surface area contributed by atoms with Crippen molar-refractivity contribution >= 4 is 5.69 Å². The van der Waals surface area contributed by atoms with Gasteiger partial charge in [0.2, 0.25) is 0 Å². The van der Waals surface area contributed by atoms with Crippen molar-refractivity contribution in [2.45, 2.75) is 44.8 Å². The molecule has 0 aliphatic heterocycles. The van der Waals surface area contributed by atoms with Crippen LogP contribution in [0.2, 0.25) is 0 Å². The number of nitrogens with two attached hydrogens (primary N) is 1. The van der Waals surface area contributed by atoms with Gasteiger partial charge in [0.05, 0.1) is 18.4 Å². The van der Waals surface area contributed by atoms with Gasteiger partial charge in [-0.3, -0.25) is 0 Å². The molecule has 1 aliphatic carbocycles. The zero-order chi connectivity index (χ0) is 14.4. The summed E-state index contributed by atoms with van der Waals surface area (Å²) in [5.74, 6) is 1.34. The Morgan fingerprint density at radius 3 is 2.85 bits per heavy atom. The van der Waals surface area contributed by atoms with E-state index in [1.165, 1.54) is 12.8 Å². The van der Waals surface area contributed by atoms with E-state index in [1.807, 2.05) is 12.1 Å². The lowest BCUT2D eigenvalue weighted by Gasteiger charge is -2.27. The third-order valence-electron chi connectivity index (χ3n) is 3.76. The van der Waals surface area contributed by atoms with Crippen molar-refractivity contribution < 1.29 is 14.6 Å². The fourth-order valence-electron chi connectivity index (χ4n) is 2.62. The summed E-state index contributed by atoms with van der Waals surface area (Å²) in [6.45, 7) is 2.79. The highest BCUT2D eigenvalue weighted by Crippen LogP contribution is 2.25. The Kier molecular flexibility index (Phi) is 5.68. The predicted molar refractivity (Wildman–Crippen MR) is 79.7 cm³/mol. The van der Waals surface area contributed by atoms with Gasteiger partial charge in [0.15, 0.2) is 0 Å². The zero-order valence-electron chi connectivity index (χ0n) is 12.1. The lowest BCUT2D eigenvalue weighted by Crippen LogP contribution is -2.29. The number of hydrogen-bond donors (Lipinski definition) is 2. The molecular weight excluding hydrogens is 254 g/mol. The Morgan fingerprint density at radius 2 is 2.10 bits per heavy atom. The highest BCUT2D eigenvalue weighted by Gasteiger charge is 2.20. The van der Waals surface area contributed by atoms with Crippen molar-refractivity contribution in [3.05, 3.63) is 24.3 Å². The van der Waals surface area contributed by atoms with Gasteiger partial charge in [0.1, 0.15) is 18.5 Å². The standard InChI is InChI=1S/C16H25NO3/c1-12-5-4-6-14(9-12)19-10-13(18)11-20-16-8-3-2-7-15(16)17/h2-3,7-8,12-14,18H,4-6,9-11,17H2,1H3. The molecule has 112 valence electrons. The molecule has 2 rings (SSSR count). The average molecular weight is 279 g/mol. The van der Waals surface area contributed by atoms with Crippen molar-refractivity contribution in [3.8, 4) is 5.75 Å². The highest BCUT2D eigenvalue weighted by atomic mass is 16.5. The molecule has 0 heterocycles. The monoisotopic (exact) mass is 279 g/mol. The van der Waals surface area contributed by atoms with E-state index in [1.54, 1.807) is 12.1 Å². The molecule has 1 aromatic carbocycles. The van der Waals surface area contributed by atoms with Crippen LogP contribution in [0.25, 0.3) is 0 Å². The molecule has 0 amide bonds. The summed E-state index contributed by atoms with van der Waals surface area (Å²) in [6, 6.07) is 7.29. The summed E-state index contributed by atoms with van der Waals surface area (Å²) in [5, 5.41) is 9.91. The van der Waals surface area contributed by atoms with Gasteiger partial charge in [-0.05, 0) is 30.9 Å². The molecule has 0 bridgehead atoms. The number of anilines is 1. The maximum Gasteiger partial charge on any atom is 0.142 e. The van der Waals surface area contributed by atoms with Crippen LogP contribution < -0.4 is 10.5 Å². The Labute approximate surface area is 120 Å². The van der Waals surface area contributed by atoms with Crippen LogP contribution in [0.15, 0.2) is 24.3 Å². The third-order valence-corrected chi connectivity index (χ3v) is 3.76. The molecule has 0 spiro atoms. The fraction of sp³-hybridized carbons (Fsp3) is 0.625. The third kappa shape index (κ3) is 4.69. The number of para-hydroxylation sites is 2. The molecule has 1 fully saturated rings. The molecule has 20 heavy (non-hydrogen) atoms. The lowest BCUT2D eigenvalue weighted by molar-refractivity contribution is -0.0425. The molecule has 3 unspecified atom stereocenters. The van der Waals surface area contributed by atoms with E-state index in [-0.39, 0.29) is 12.7 Å². The summed E-state index contributed by atoms with van der Waals surface area (Å²) in [7, 11) is 0. The minimum Gasteiger partial charge on any atom is -0.489 e. The van der Waals surface area contributed by atoms with Gasteiger partial charge >= 0.3 is 0 Å². The van der Waals surface area contributed by atoms with Crippen molar-refractivity contribution in [1.29, 1.82) is 0 Å². The number of aliphatic hydroxyl groups excluding tert-OH is 1. The molecular formula is C16H25NO3. The summed E-state index contributed by atoms with van der Waals surface area (Å²) in [4.78, 5) is 0. The average Bonchev–Trinajstić information content (AvgIpc) is 2.44. The number of ether oxygens (including phenoxy) is 2. The maximum atomic E-state index is 9.91. The molecule has 0 radical (unpaired) electrons. The Morgan fingerprint density at radius 1 is 1.30 bits per heavy atom. The summed E-state index contributed by atoms with van der Waals surface area (Å²) < 4.78 is 11.3. The van der Waals surface area contributed by atoms with Crippen LogP contribution in [0.3, 0.4) is 0 Å². The molecule has 4 heteroatoms. The Bertz CT molecular complexity index is 410. The van der Waals surface area contributed by atoms with E-state index < -0.39 is 6.10 Å². The van der Waals surface area contributed by atoms with Crippen LogP contribution in [0.4, 0.5) is 5.69 Å². The molecule has 3 N–H and O–H groups in total. The SMILES string of the molecule is CC1CCCC(OCC(O)COc2ccccc2N)C1. The van der Waals surface area contributed by atoms with Crippen molar-refractivity contribution in [2.24, 2.45) is 5.92 Å². The number of nitrogen functional groups attached to an aromatic ring is 1. The van der Waals surface area contributed by atoms with Gasteiger partial charge in [0, 0.05) is 0 Å². The van der Waals surface area contributed by atoms with Crippen molar-refractivity contribution in [3.63, 3.8) is 0 Å². The first kappa shape index (κ1) is 15.1. The van der Waals surface area contributed by atoms with E-state index in [4.69, 9.17) is 15.2 Å². The van der Waals surface area contributed by atoms with Gasteiger partial charge in [-0.1, -0.05) is 31.9 Å². The van der Waals surface area contributed by atoms with E-state index >= 15 is 0 Å². The van der Waals surface area contributed by atoms with Gasteiger partial charge in [0.25, 0.3) is 0 Å². The van der Waals surface area contributed by atoms with Crippen molar-refractivity contribution in [1.82, 2.24) is 0 Å². The second-order valence-electron chi connectivity index (χ2n) is 5.73. The van der Waals surface area contributed by atoms with Crippen LogP contribution in [-0.2, 0) is 4.74 Å². The largest absolute Gasteiger partial charge is 0.489 e. The quantitative estimate of drug-likeness (QED) is 0.786. The topological polar surface area (TPSA) is 64.7 Å². The van der Waals surface area contributed by atoms with Crippen LogP contribution in [0.1, 0.15) is 32.6 Å². The zero-order valence-corrected chi connectivity index (χ0v) is 12.1. The molecule has 0 aromatic heterocycles. The van der Waals surface area contributed by atoms with E-state index in [2.05, 4.69) is 6.92 Å². The minimum atomic E-state index is -0.619. The number of hydrogen-bond acceptors (Lipinski definition) is 4. The number of benzene rings is 1. The van der Waals surface area contributed by atoms with Crippen LogP contribution in [0, 0.1) is 5.92 Å². The summed E-state index contributed by atoms with van der Waals surface area (Å²) in [6.07, 6.45) is 4.38. The molecule has 1 saturated carbocycles. The summed E-state index contributed by atoms with van der Waals surface area (Å²) in [5.41, 5.74) is 6.36. The first-order valence-corrected chi connectivity index (χ1v) is 7.42. The van der Waals surface area contributed by atoms with Crippen LogP contribution in [0.5, 0.6) is 5.75 Å². The van der Waals surface area contributed by atoms with Gasteiger partial charge in [-0.25, -0.2) is 0 Å². The Balaban J connectivity index is 1.68. The molecule has 0 saturated heterocycles. The molecule has 3 atom stereocenters. The number of rotatable bonds is 6. The Hall–Kier alpha value is -1.26. The minimum absolute atomic E-state index is 0.205. The number of aliphatic hydroxyl groups is 1. The smallest absolute Gasteiger partial charge is 0.142 e. The highest BCUT2D eigenvalue weighted by molar-refractivity contribution is 5.51. The second-order valence-corrected chi connectivity index (χ2v) is 5.73. The molecule has 4 nitrogen and oxygen atoms in total. The molecule has 1 aliphatic rings. The van der Waals surface area contributed by atoms with Gasteiger partial charge < -0.3 is 20.3 Å². The van der Waals surface area contributed by atoms with Crippen molar-refractivity contribution in [2.75, 3.05) is 18.9 Å². The van der Waals surface area contributed by atoms with E-state index in [9.17, 15) is 5.11 Å². The first-order valence-electron chi connectivity index (χ1n) is 7.42. The van der Waals surface area contributed by atoms with E-state index in [0.717, 1.165) is 18.8 Å². The van der Waals surface area contributed by atoms with E-state index in [0.29, 0.717) is 18.0 Å². The lowest BCUT2D eigenvalue weighted by atomic mass is 9.89. The normalized spacial score (nSPS) is 24.3. The van der Waals surface area contributed by atoms with Gasteiger partial charge in [-0.2, -0.15) is 0 Å². The first-order chi connectivity index (χ1) is 9.65. The summed E-state index contributed by atoms with van der Waals surface area (Å²) >= 11 is 0. The second kappa shape index (κ2) is 7.50. The fourth-order valence-corrected chi connectivity index (χ4v) is 2.62. The van der Waals surface area contributed by atoms with Crippen LogP contribution >= 0.6 is 0 Å². The van der Waals surface area contributed by atoms with Gasteiger partial charge in [-0.15, -0.1) is 0 Å². The predicted octanol–water partition coefficient (Wildman–Crippen LogP) is 2.60. The molecule has 1 aromatic rings. The maximum absolute atomic E-state index is 9.91. The van der Waals surface area contributed by atoms with Crippen LogP contribution in [-0.4, -0.2) is 30.5 Å².